The van der Waals surface area contributed by atoms with Crippen molar-refractivity contribution in [3.05, 3.63) is 28.9 Å². The summed E-state index contributed by atoms with van der Waals surface area (Å²) in [6.45, 7) is 4.21. The summed E-state index contributed by atoms with van der Waals surface area (Å²) in [5.74, 6) is 0.192. The fourth-order valence-corrected chi connectivity index (χ4v) is 2.86. The average Bonchev–Trinajstić information content (AvgIpc) is 2.79. The van der Waals surface area contributed by atoms with E-state index in [1.807, 2.05) is 12.1 Å². The summed E-state index contributed by atoms with van der Waals surface area (Å²) in [5, 5.41) is 8.63. The van der Waals surface area contributed by atoms with E-state index < -0.39 is 0 Å². The summed E-state index contributed by atoms with van der Waals surface area (Å²) in [7, 11) is 0. The van der Waals surface area contributed by atoms with Crippen LogP contribution in [0.1, 0.15) is 36.3 Å². The number of carbonyl (C=O) groups excluding carboxylic acids is 1. The number of Topliss-reactive ketones (excluding diaryl/α,β-unsaturated/α-hetero) is 1. The molecule has 3 rings (SSSR count). The lowest BCUT2D eigenvalue weighted by atomic mass is 9.75. The molecular weight excluding hydrogens is 246 g/mol. The molecule has 0 fully saturated rings. The van der Waals surface area contributed by atoms with Crippen molar-refractivity contribution in [1.29, 1.82) is 0 Å². The van der Waals surface area contributed by atoms with Gasteiger partial charge in [-0.1, -0.05) is 25.2 Å². The normalized spacial score (nSPS) is 17.6. The summed E-state index contributed by atoms with van der Waals surface area (Å²) in [4.78, 5) is 16.6. The molecule has 0 N–H and O–H groups in total. The van der Waals surface area contributed by atoms with Gasteiger partial charge < -0.3 is 0 Å². The van der Waals surface area contributed by atoms with Gasteiger partial charge in [0.2, 0.25) is 0 Å². The molecular formula is C13H13N3OS. The van der Waals surface area contributed by atoms with Crippen LogP contribution in [0.3, 0.4) is 0 Å². The minimum Gasteiger partial charge on any atom is -0.294 e. The molecule has 0 aliphatic heterocycles. The highest BCUT2D eigenvalue weighted by molar-refractivity contribution is 7.12. The quantitative estimate of drug-likeness (QED) is 0.790. The van der Waals surface area contributed by atoms with E-state index in [2.05, 4.69) is 29.0 Å². The number of ketones is 1. The Kier molecular flexibility index (Phi) is 2.52. The van der Waals surface area contributed by atoms with Crippen molar-refractivity contribution >= 4 is 17.1 Å². The molecule has 0 radical (unpaired) electrons. The highest BCUT2D eigenvalue weighted by atomic mass is 32.1. The largest absolute Gasteiger partial charge is 0.294 e. The first-order chi connectivity index (χ1) is 8.55. The molecule has 1 aliphatic carbocycles. The van der Waals surface area contributed by atoms with Gasteiger partial charge in [-0.05, 0) is 24.0 Å². The Morgan fingerprint density at radius 3 is 2.83 bits per heavy atom. The van der Waals surface area contributed by atoms with E-state index in [9.17, 15) is 4.79 Å². The first-order valence-corrected chi connectivity index (χ1v) is 6.73. The van der Waals surface area contributed by atoms with Crippen molar-refractivity contribution in [3.8, 4) is 10.7 Å². The van der Waals surface area contributed by atoms with Crippen LogP contribution in [0.15, 0.2) is 17.6 Å². The van der Waals surface area contributed by atoms with E-state index in [1.54, 1.807) is 5.51 Å². The molecule has 1 aliphatic rings. The van der Waals surface area contributed by atoms with Crippen LogP contribution in [0.5, 0.6) is 0 Å². The number of pyridine rings is 1. The van der Waals surface area contributed by atoms with E-state index in [-0.39, 0.29) is 11.2 Å². The lowest BCUT2D eigenvalue weighted by Crippen LogP contribution is -2.27. The molecule has 18 heavy (non-hydrogen) atoms. The smallest absolute Gasteiger partial charge is 0.166 e. The van der Waals surface area contributed by atoms with Gasteiger partial charge in [-0.15, -0.1) is 10.2 Å². The van der Waals surface area contributed by atoms with Crippen LogP contribution in [0, 0.1) is 5.41 Å². The molecule has 92 valence electrons. The van der Waals surface area contributed by atoms with Crippen LogP contribution in [0.4, 0.5) is 0 Å². The Labute approximate surface area is 109 Å². The SMILES string of the molecule is CC1(C)CC(=O)c2ccc(-c3nncs3)nc2C1. The van der Waals surface area contributed by atoms with Crippen molar-refractivity contribution < 1.29 is 4.79 Å². The molecule has 0 atom stereocenters. The van der Waals surface area contributed by atoms with E-state index in [0.717, 1.165) is 28.4 Å². The summed E-state index contributed by atoms with van der Waals surface area (Å²) < 4.78 is 0. The van der Waals surface area contributed by atoms with Gasteiger partial charge in [0.1, 0.15) is 11.2 Å². The molecule has 2 aromatic rings. The fraction of sp³-hybridized carbons (Fsp3) is 0.385. The molecule has 0 aromatic carbocycles. The molecule has 2 aromatic heterocycles. The zero-order chi connectivity index (χ0) is 12.8. The molecule has 0 saturated carbocycles. The molecule has 2 heterocycles. The summed E-state index contributed by atoms with van der Waals surface area (Å²) in [6.07, 6.45) is 1.43. The third-order valence-electron chi connectivity index (χ3n) is 3.14. The average molecular weight is 259 g/mol. The molecule has 0 saturated heterocycles. The van der Waals surface area contributed by atoms with Gasteiger partial charge in [-0.3, -0.25) is 4.79 Å². The Morgan fingerprint density at radius 1 is 1.28 bits per heavy atom. The van der Waals surface area contributed by atoms with Gasteiger partial charge in [0.05, 0.1) is 5.69 Å². The Morgan fingerprint density at radius 2 is 2.11 bits per heavy atom. The lowest BCUT2D eigenvalue weighted by molar-refractivity contribution is 0.0910. The molecule has 4 nitrogen and oxygen atoms in total. The zero-order valence-electron chi connectivity index (χ0n) is 10.3. The first kappa shape index (κ1) is 11.5. The second-order valence-corrected chi connectivity index (χ2v) is 6.21. The standard InChI is InChI=1S/C13H13N3OS/c1-13(2)5-10-8(11(17)6-13)3-4-9(15-10)12-16-14-7-18-12/h3-4,7H,5-6H2,1-2H3. The fourth-order valence-electron chi connectivity index (χ4n) is 2.34. The summed E-state index contributed by atoms with van der Waals surface area (Å²) in [5.41, 5.74) is 4.15. The maximum Gasteiger partial charge on any atom is 0.166 e. The van der Waals surface area contributed by atoms with Gasteiger partial charge in [-0.25, -0.2) is 4.98 Å². The molecule has 0 amide bonds. The second kappa shape index (κ2) is 3.95. The van der Waals surface area contributed by atoms with Crippen molar-refractivity contribution in [2.75, 3.05) is 0 Å². The lowest BCUT2D eigenvalue weighted by Gasteiger charge is -2.29. The van der Waals surface area contributed by atoms with E-state index >= 15 is 0 Å². The Hall–Kier alpha value is -1.62. The Bertz CT molecular complexity index is 605. The number of nitrogens with zero attached hydrogens (tertiary/aromatic N) is 3. The minimum absolute atomic E-state index is 0.00314. The Balaban J connectivity index is 2.08. The number of fused-ring (bicyclic) bond motifs is 1. The minimum atomic E-state index is -0.00314. The van der Waals surface area contributed by atoms with Crippen LogP contribution in [-0.2, 0) is 6.42 Å². The van der Waals surface area contributed by atoms with Crippen LogP contribution in [0.25, 0.3) is 10.7 Å². The maximum atomic E-state index is 12.0. The summed E-state index contributed by atoms with van der Waals surface area (Å²) in [6, 6.07) is 3.73. The summed E-state index contributed by atoms with van der Waals surface area (Å²) >= 11 is 1.46. The molecule has 0 bridgehead atoms. The van der Waals surface area contributed by atoms with Gasteiger partial charge in [0, 0.05) is 12.0 Å². The van der Waals surface area contributed by atoms with Crippen molar-refractivity contribution in [2.45, 2.75) is 26.7 Å². The van der Waals surface area contributed by atoms with Gasteiger partial charge in [0.15, 0.2) is 10.8 Å². The number of carbonyl (C=O) groups is 1. The van der Waals surface area contributed by atoms with Crippen LogP contribution in [0.2, 0.25) is 0 Å². The molecule has 0 unspecified atom stereocenters. The highest BCUT2D eigenvalue weighted by Gasteiger charge is 2.32. The topological polar surface area (TPSA) is 55.7 Å². The van der Waals surface area contributed by atoms with Crippen molar-refractivity contribution in [1.82, 2.24) is 15.2 Å². The van der Waals surface area contributed by atoms with E-state index in [1.165, 1.54) is 11.3 Å². The second-order valence-electron chi connectivity index (χ2n) is 5.38. The van der Waals surface area contributed by atoms with Gasteiger partial charge in [0.25, 0.3) is 0 Å². The van der Waals surface area contributed by atoms with Crippen LogP contribution >= 0.6 is 11.3 Å². The van der Waals surface area contributed by atoms with Crippen LogP contribution in [-0.4, -0.2) is 21.0 Å². The van der Waals surface area contributed by atoms with Crippen molar-refractivity contribution in [2.24, 2.45) is 5.41 Å². The number of rotatable bonds is 1. The highest BCUT2D eigenvalue weighted by Crippen LogP contribution is 2.34. The molecule has 5 heteroatoms. The maximum absolute atomic E-state index is 12.0. The third kappa shape index (κ3) is 1.95. The third-order valence-corrected chi connectivity index (χ3v) is 3.85. The van der Waals surface area contributed by atoms with Crippen LogP contribution < -0.4 is 0 Å². The zero-order valence-corrected chi connectivity index (χ0v) is 11.1. The van der Waals surface area contributed by atoms with Gasteiger partial charge >= 0.3 is 0 Å². The van der Waals surface area contributed by atoms with Gasteiger partial charge in [-0.2, -0.15) is 0 Å². The number of hydrogen-bond donors (Lipinski definition) is 0. The number of hydrogen-bond acceptors (Lipinski definition) is 5. The van der Waals surface area contributed by atoms with Crippen molar-refractivity contribution in [3.63, 3.8) is 0 Å². The predicted molar refractivity (Wildman–Crippen MR) is 69.6 cm³/mol. The first-order valence-electron chi connectivity index (χ1n) is 5.85. The molecule has 0 spiro atoms. The monoisotopic (exact) mass is 259 g/mol. The predicted octanol–water partition coefficient (Wildman–Crippen LogP) is 2.76. The number of aromatic nitrogens is 3. The van der Waals surface area contributed by atoms with E-state index in [0.29, 0.717) is 6.42 Å². The van der Waals surface area contributed by atoms with E-state index in [4.69, 9.17) is 0 Å².